The van der Waals surface area contributed by atoms with E-state index < -0.39 is 15.8 Å². The van der Waals surface area contributed by atoms with E-state index in [9.17, 15) is 18.0 Å². The average molecular weight is 176 g/mol. The predicted molar refractivity (Wildman–Crippen MR) is 37.8 cm³/mol. The Morgan fingerprint density at radius 3 is 2.55 bits per heavy atom. The number of carbonyl (C=O) groups excluding carboxylic acids is 2. The Bertz CT molecular complexity index is 277. The van der Waals surface area contributed by atoms with Crippen molar-refractivity contribution in [3.8, 4) is 0 Å². The zero-order chi connectivity index (χ0) is 8.48. The van der Waals surface area contributed by atoms with E-state index in [0.717, 1.165) is 0 Å². The highest BCUT2D eigenvalue weighted by molar-refractivity contribution is 7.91. The fraction of sp³-hybridized carbons (Fsp3) is 0.667. The number of aldehydes is 1. The summed E-state index contributed by atoms with van der Waals surface area (Å²) in [6.07, 6.45) is 0.408. The third-order valence-electron chi connectivity index (χ3n) is 1.67. The molecular weight excluding hydrogens is 168 g/mol. The van der Waals surface area contributed by atoms with E-state index in [-0.39, 0.29) is 23.7 Å². The molecule has 0 aromatic heterocycles. The standard InChI is InChI=1S/C6H8O4S/c7-3-5-4-11(9,10)2-1-6(5)8/h3,5H,1-2,4H2. The number of carbonyl (C=O) groups is 2. The first-order valence-electron chi connectivity index (χ1n) is 3.23. The Morgan fingerprint density at radius 2 is 2.09 bits per heavy atom. The molecule has 0 aliphatic carbocycles. The molecule has 1 saturated heterocycles. The van der Waals surface area contributed by atoms with E-state index in [1.807, 2.05) is 0 Å². The van der Waals surface area contributed by atoms with E-state index in [2.05, 4.69) is 0 Å². The molecule has 0 radical (unpaired) electrons. The Hall–Kier alpha value is -0.710. The van der Waals surface area contributed by atoms with Crippen LogP contribution in [0.3, 0.4) is 0 Å². The molecule has 0 aromatic carbocycles. The Morgan fingerprint density at radius 1 is 1.45 bits per heavy atom. The van der Waals surface area contributed by atoms with Gasteiger partial charge in [0.1, 0.15) is 12.1 Å². The summed E-state index contributed by atoms with van der Waals surface area (Å²) >= 11 is 0. The number of hydrogen-bond acceptors (Lipinski definition) is 4. The van der Waals surface area contributed by atoms with E-state index in [1.165, 1.54) is 0 Å². The van der Waals surface area contributed by atoms with Crippen molar-refractivity contribution < 1.29 is 18.0 Å². The van der Waals surface area contributed by atoms with Gasteiger partial charge in [-0.25, -0.2) is 8.42 Å². The highest BCUT2D eigenvalue weighted by Crippen LogP contribution is 2.12. The number of ketones is 1. The molecule has 1 aliphatic rings. The van der Waals surface area contributed by atoms with Crippen molar-refractivity contribution in [2.24, 2.45) is 5.92 Å². The normalized spacial score (nSPS) is 29.8. The smallest absolute Gasteiger partial charge is 0.151 e. The second-order valence-corrected chi connectivity index (χ2v) is 4.80. The van der Waals surface area contributed by atoms with Gasteiger partial charge < -0.3 is 4.79 Å². The summed E-state index contributed by atoms with van der Waals surface area (Å²) in [6.45, 7) is 0. The van der Waals surface area contributed by atoms with Gasteiger partial charge in [-0.3, -0.25) is 4.79 Å². The Balaban J connectivity index is 2.82. The minimum atomic E-state index is -3.13. The molecule has 11 heavy (non-hydrogen) atoms. The maximum Gasteiger partial charge on any atom is 0.151 e. The van der Waals surface area contributed by atoms with Crippen molar-refractivity contribution in [3.63, 3.8) is 0 Å². The molecule has 62 valence electrons. The Labute approximate surface area is 64.5 Å². The van der Waals surface area contributed by atoms with Crippen LogP contribution >= 0.6 is 0 Å². The van der Waals surface area contributed by atoms with E-state index in [0.29, 0.717) is 6.29 Å². The minimum absolute atomic E-state index is 0.00819. The van der Waals surface area contributed by atoms with E-state index in [4.69, 9.17) is 0 Å². The first-order chi connectivity index (χ1) is 5.05. The second kappa shape index (κ2) is 2.73. The van der Waals surface area contributed by atoms with Crippen LogP contribution in [-0.4, -0.2) is 32.0 Å². The van der Waals surface area contributed by atoms with Gasteiger partial charge in [0, 0.05) is 6.42 Å². The molecule has 0 saturated carbocycles. The molecule has 0 amide bonds. The summed E-state index contributed by atoms with van der Waals surface area (Å²) in [7, 11) is -3.13. The van der Waals surface area contributed by atoms with Crippen LogP contribution in [0.25, 0.3) is 0 Å². The van der Waals surface area contributed by atoms with Crippen LogP contribution in [0.4, 0.5) is 0 Å². The lowest BCUT2D eigenvalue weighted by molar-refractivity contribution is -0.126. The molecular formula is C6H8O4S. The number of hydrogen-bond donors (Lipinski definition) is 0. The fourth-order valence-electron chi connectivity index (χ4n) is 1.01. The lowest BCUT2D eigenvalue weighted by Gasteiger charge is -2.14. The summed E-state index contributed by atoms with van der Waals surface area (Å²) in [5.74, 6) is -1.56. The summed E-state index contributed by atoms with van der Waals surface area (Å²) in [4.78, 5) is 21.0. The Kier molecular flexibility index (Phi) is 2.08. The van der Waals surface area contributed by atoms with Gasteiger partial charge >= 0.3 is 0 Å². The predicted octanol–water partition coefficient (Wildman–Crippen LogP) is -0.811. The molecule has 4 nitrogen and oxygen atoms in total. The van der Waals surface area contributed by atoms with Gasteiger partial charge in [-0.2, -0.15) is 0 Å². The van der Waals surface area contributed by atoms with Gasteiger partial charge in [0.2, 0.25) is 0 Å². The second-order valence-electron chi connectivity index (χ2n) is 2.57. The maximum absolute atomic E-state index is 10.9. The fourth-order valence-corrected chi connectivity index (χ4v) is 2.50. The van der Waals surface area contributed by atoms with Crippen molar-refractivity contribution in [2.75, 3.05) is 11.5 Å². The molecule has 0 N–H and O–H groups in total. The summed E-state index contributed by atoms with van der Waals surface area (Å²) in [5.41, 5.74) is 0. The van der Waals surface area contributed by atoms with Crippen molar-refractivity contribution >= 4 is 21.9 Å². The lowest BCUT2D eigenvalue weighted by Crippen LogP contribution is -2.33. The van der Waals surface area contributed by atoms with Crippen LogP contribution in [0.5, 0.6) is 0 Å². The maximum atomic E-state index is 10.9. The zero-order valence-corrected chi connectivity index (χ0v) is 6.63. The van der Waals surface area contributed by atoms with Crippen LogP contribution in [0.15, 0.2) is 0 Å². The van der Waals surface area contributed by atoms with Gasteiger partial charge in [-0.05, 0) is 0 Å². The number of Topliss-reactive ketones (excluding diaryl/α,β-unsaturated/α-hetero) is 1. The first kappa shape index (κ1) is 8.39. The molecule has 1 rings (SSSR count). The van der Waals surface area contributed by atoms with Crippen molar-refractivity contribution in [1.29, 1.82) is 0 Å². The number of rotatable bonds is 1. The van der Waals surface area contributed by atoms with Crippen LogP contribution in [0.1, 0.15) is 6.42 Å². The molecule has 1 aliphatic heterocycles. The molecule has 0 bridgehead atoms. The summed E-state index contributed by atoms with van der Waals surface area (Å²) < 4.78 is 21.7. The van der Waals surface area contributed by atoms with Crippen molar-refractivity contribution in [1.82, 2.24) is 0 Å². The van der Waals surface area contributed by atoms with Crippen LogP contribution in [0, 0.1) is 5.92 Å². The van der Waals surface area contributed by atoms with Gasteiger partial charge in [-0.1, -0.05) is 0 Å². The van der Waals surface area contributed by atoms with Crippen molar-refractivity contribution in [3.05, 3.63) is 0 Å². The van der Waals surface area contributed by atoms with Crippen LogP contribution in [0.2, 0.25) is 0 Å². The highest BCUT2D eigenvalue weighted by atomic mass is 32.2. The van der Waals surface area contributed by atoms with Gasteiger partial charge in [-0.15, -0.1) is 0 Å². The van der Waals surface area contributed by atoms with Crippen LogP contribution in [-0.2, 0) is 19.4 Å². The number of sulfone groups is 1. The summed E-state index contributed by atoms with van der Waals surface area (Å²) in [6, 6.07) is 0. The van der Waals surface area contributed by atoms with E-state index in [1.54, 1.807) is 0 Å². The van der Waals surface area contributed by atoms with E-state index >= 15 is 0 Å². The third kappa shape index (κ3) is 1.86. The average Bonchev–Trinajstić information content (AvgIpc) is 1.94. The molecule has 1 heterocycles. The van der Waals surface area contributed by atoms with Gasteiger partial charge in [0.05, 0.1) is 17.4 Å². The quantitative estimate of drug-likeness (QED) is 0.387. The van der Waals surface area contributed by atoms with Gasteiger partial charge in [0.25, 0.3) is 0 Å². The molecule has 0 spiro atoms. The minimum Gasteiger partial charge on any atom is -0.303 e. The molecule has 5 heteroatoms. The topological polar surface area (TPSA) is 68.3 Å². The van der Waals surface area contributed by atoms with Gasteiger partial charge in [0.15, 0.2) is 9.84 Å². The first-order valence-corrected chi connectivity index (χ1v) is 5.06. The molecule has 1 unspecified atom stereocenters. The third-order valence-corrected chi connectivity index (χ3v) is 3.36. The van der Waals surface area contributed by atoms with Crippen molar-refractivity contribution in [2.45, 2.75) is 6.42 Å². The van der Waals surface area contributed by atoms with Crippen LogP contribution < -0.4 is 0 Å². The largest absolute Gasteiger partial charge is 0.303 e. The lowest BCUT2D eigenvalue weighted by atomic mass is 10.1. The molecule has 1 atom stereocenters. The monoisotopic (exact) mass is 176 g/mol. The highest BCUT2D eigenvalue weighted by Gasteiger charge is 2.30. The molecule has 0 aromatic rings. The SMILES string of the molecule is O=CC1CS(=O)(=O)CCC1=O. The zero-order valence-electron chi connectivity index (χ0n) is 5.82. The summed E-state index contributed by atoms with van der Waals surface area (Å²) in [5, 5.41) is 0. The molecule has 1 fully saturated rings.